The fourth-order valence-electron chi connectivity index (χ4n) is 5.79. The molecule has 0 aromatic carbocycles. The van der Waals surface area contributed by atoms with E-state index in [1.807, 2.05) is 0 Å². The Hall–Kier alpha value is -0.760. The molecule has 19 heteroatoms. The van der Waals surface area contributed by atoms with Crippen molar-refractivity contribution in [3.8, 4) is 0 Å². The quantitative estimate of drug-likeness (QED) is 0.115. The van der Waals surface area contributed by atoms with E-state index in [4.69, 9.17) is 68.6 Å². The van der Waals surface area contributed by atoms with Gasteiger partial charge in [0.25, 0.3) is 0 Å². The lowest BCUT2D eigenvalue weighted by Crippen LogP contribution is -2.68. The molecule has 0 bridgehead atoms. The van der Waals surface area contributed by atoms with Crippen LogP contribution in [0, 0.1) is 0 Å². The van der Waals surface area contributed by atoms with Crippen LogP contribution in [0.3, 0.4) is 0 Å². The topological polar surface area (TPSA) is 359 Å². The predicted octanol–water partition coefficient (Wildman–Crippen LogP) is -8.93. The Kier molecular flexibility index (Phi) is 11.5. The van der Waals surface area contributed by atoms with Gasteiger partial charge in [-0.3, -0.25) is 0 Å². The zero-order valence-corrected chi connectivity index (χ0v) is 23.0. The first-order valence-electron chi connectivity index (χ1n) is 14.0. The summed E-state index contributed by atoms with van der Waals surface area (Å²) in [6, 6.07) is -4.08. The van der Waals surface area contributed by atoms with E-state index in [1.54, 1.807) is 0 Å². The van der Waals surface area contributed by atoms with E-state index >= 15 is 0 Å². The molecule has 0 aromatic rings. The Labute approximate surface area is 242 Å². The maximum Gasteiger partial charge on any atom is 0.187 e. The summed E-state index contributed by atoms with van der Waals surface area (Å²) in [6.07, 6.45) is -18.9. The lowest BCUT2D eigenvalue weighted by atomic mass is 9.84. The van der Waals surface area contributed by atoms with Gasteiger partial charge in [-0.25, -0.2) is 0 Å². The highest BCUT2D eigenvalue weighted by atomic mass is 16.8. The maximum absolute atomic E-state index is 11.2. The zero-order valence-electron chi connectivity index (χ0n) is 23.0. The molecule has 0 amide bonds. The van der Waals surface area contributed by atoms with Gasteiger partial charge in [-0.1, -0.05) is 0 Å². The summed E-state index contributed by atoms with van der Waals surface area (Å²) in [7, 11) is 0. The Bertz CT molecular complexity index is 869. The SMILES string of the molecule is NC[C@@H]1O[C@H](O[C@@H]2[C@H](O)[C@@H](O[C@@H]3[C@@H](O)[C@H](N)C[C@H](N)[C@H]3O[C@H]3O[C@H](CN)[C@@H](O)[C@H](O)[C@H]3N)O[C@H]2CN)[C@H](N)[C@@H](O)[C@@H]1O. The van der Waals surface area contributed by atoms with E-state index in [0.717, 1.165) is 0 Å². The first-order chi connectivity index (χ1) is 19.8. The highest BCUT2D eigenvalue weighted by Gasteiger charge is 2.54. The summed E-state index contributed by atoms with van der Waals surface area (Å²) in [5.74, 6) is 0. The molecular weight excluding hydrogens is 566 g/mol. The number of hydrogen-bond acceptors (Lipinski definition) is 19. The molecule has 4 fully saturated rings. The second-order valence-electron chi connectivity index (χ2n) is 11.3. The van der Waals surface area contributed by atoms with Gasteiger partial charge in [0.2, 0.25) is 0 Å². The van der Waals surface area contributed by atoms with Gasteiger partial charge in [-0.05, 0) is 6.42 Å². The molecule has 3 aliphatic heterocycles. The van der Waals surface area contributed by atoms with Crippen LogP contribution in [0.4, 0.5) is 0 Å². The molecule has 20 N–H and O–H groups in total. The van der Waals surface area contributed by atoms with E-state index in [-0.39, 0.29) is 26.1 Å². The lowest BCUT2D eigenvalue weighted by molar-refractivity contribution is -0.306. The van der Waals surface area contributed by atoms with E-state index in [0.29, 0.717) is 0 Å². The summed E-state index contributed by atoms with van der Waals surface area (Å²) in [4.78, 5) is 0. The van der Waals surface area contributed by atoms with Gasteiger partial charge >= 0.3 is 0 Å². The van der Waals surface area contributed by atoms with Crippen molar-refractivity contribution >= 4 is 0 Å². The second-order valence-corrected chi connectivity index (χ2v) is 11.3. The second kappa shape index (κ2) is 14.1. The summed E-state index contributed by atoms with van der Waals surface area (Å²) in [5.41, 5.74) is 41.6. The van der Waals surface area contributed by atoms with Crippen molar-refractivity contribution < 1.29 is 59.1 Å². The van der Waals surface area contributed by atoms with Gasteiger partial charge in [0.1, 0.15) is 67.1 Å². The van der Waals surface area contributed by atoms with Crippen LogP contribution in [0.1, 0.15) is 6.42 Å². The Morgan fingerprint density at radius 2 is 0.905 bits per heavy atom. The number of aliphatic hydroxyl groups is 6. The molecule has 19 atom stereocenters. The van der Waals surface area contributed by atoms with Crippen molar-refractivity contribution in [2.45, 2.75) is 123 Å². The molecule has 0 unspecified atom stereocenters. The van der Waals surface area contributed by atoms with Crippen molar-refractivity contribution in [1.82, 2.24) is 0 Å². The minimum absolute atomic E-state index is 0.109. The normalized spacial score (nSPS) is 53.8. The van der Waals surface area contributed by atoms with Crippen molar-refractivity contribution in [3.63, 3.8) is 0 Å². The monoisotopic (exact) mass is 613 g/mol. The Balaban J connectivity index is 1.50. The standard InChI is InChI=1S/C23H47N7O12/c24-2-7-13(32)15(34)10(29)21(37-7)40-18-6(28)1-5(27)12(31)20(18)42-23-17(36)19(9(4-26)39-23)41-22-11(30)16(35)14(33)8(3-25)38-22/h5-23,31-36H,1-4,24-30H2/t5-,6+,7-,8+,9+,10-,11-,12+,13-,14-,15-,16-,17+,18-,19+,20-,21-,22-,23-/m1/s1. The molecular formula is C23H47N7O12. The number of rotatable bonds is 9. The van der Waals surface area contributed by atoms with Gasteiger partial charge in [-0.2, -0.15) is 0 Å². The maximum atomic E-state index is 11.2. The molecule has 1 aliphatic carbocycles. The summed E-state index contributed by atoms with van der Waals surface area (Å²) < 4.78 is 35.0. The van der Waals surface area contributed by atoms with Crippen molar-refractivity contribution in [1.29, 1.82) is 0 Å². The fraction of sp³-hybridized carbons (Fsp3) is 1.00. The van der Waals surface area contributed by atoms with Crippen LogP contribution in [0.25, 0.3) is 0 Å². The van der Waals surface area contributed by atoms with Crippen LogP contribution >= 0.6 is 0 Å². The van der Waals surface area contributed by atoms with Crippen molar-refractivity contribution in [2.75, 3.05) is 19.6 Å². The van der Waals surface area contributed by atoms with Crippen LogP contribution in [0.5, 0.6) is 0 Å². The summed E-state index contributed by atoms with van der Waals surface area (Å²) in [6.45, 7) is -0.430. The first-order valence-corrected chi connectivity index (χ1v) is 14.0. The average Bonchev–Trinajstić information content (AvgIpc) is 3.27. The molecule has 1 saturated carbocycles. The van der Waals surface area contributed by atoms with Crippen LogP contribution in [-0.4, -0.2) is 167 Å². The number of aliphatic hydroxyl groups excluding tert-OH is 6. The Morgan fingerprint density at radius 1 is 0.476 bits per heavy atom. The highest BCUT2D eigenvalue weighted by molar-refractivity contribution is 5.02. The van der Waals surface area contributed by atoms with E-state index < -0.39 is 116 Å². The van der Waals surface area contributed by atoms with E-state index in [9.17, 15) is 30.6 Å². The predicted molar refractivity (Wildman–Crippen MR) is 140 cm³/mol. The molecule has 246 valence electrons. The number of ether oxygens (including phenoxy) is 6. The molecule has 3 saturated heterocycles. The van der Waals surface area contributed by atoms with Gasteiger partial charge in [0, 0.05) is 31.7 Å². The lowest BCUT2D eigenvalue weighted by Gasteiger charge is -2.47. The van der Waals surface area contributed by atoms with Crippen LogP contribution in [0.15, 0.2) is 0 Å². The molecule has 0 spiro atoms. The summed E-state index contributed by atoms with van der Waals surface area (Å²) in [5, 5.41) is 63.2. The fourth-order valence-corrected chi connectivity index (χ4v) is 5.79. The van der Waals surface area contributed by atoms with Crippen LogP contribution < -0.4 is 40.1 Å². The highest BCUT2D eigenvalue weighted by Crippen LogP contribution is 2.34. The number of hydrogen-bond donors (Lipinski definition) is 13. The number of nitrogens with two attached hydrogens (primary N) is 7. The first kappa shape index (κ1) is 34.1. The van der Waals surface area contributed by atoms with E-state index in [1.165, 1.54) is 0 Å². The van der Waals surface area contributed by atoms with Gasteiger partial charge in [-0.15, -0.1) is 0 Å². The van der Waals surface area contributed by atoms with Crippen molar-refractivity contribution in [3.05, 3.63) is 0 Å². The van der Waals surface area contributed by atoms with Gasteiger partial charge in [0.15, 0.2) is 18.9 Å². The molecule has 19 nitrogen and oxygen atoms in total. The molecule has 4 rings (SSSR count). The van der Waals surface area contributed by atoms with Gasteiger partial charge in [0.05, 0.1) is 18.2 Å². The largest absolute Gasteiger partial charge is 0.389 e. The van der Waals surface area contributed by atoms with Crippen molar-refractivity contribution in [2.24, 2.45) is 40.1 Å². The zero-order chi connectivity index (χ0) is 31.0. The van der Waals surface area contributed by atoms with Crippen LogP contribution in [0.2, 0.25) is 0 Å². The Morgan fingerprint density at radius 3 is 1.38 bits per heavy atom. The molecule has 0 radical (unpaired) electrons. The molecule has 0 aromatic heterocycles. The smallest absolute Gasteiger partial charge is 0.187 e. The third-order valence-corrected chi connectivity index (χ3v) is 8.42. The molecule has 42 heavy (non-hydrogen) atoms. The van der Waals surface area contributed by atoms with E-state index in [2.05, 4.69) is 0 Å². The third-order valence-electron chi connectivity index (χ3n) is 8.42. The van der Waals surface area contributed by atoms with Gasteiger partial charge < -0.3 is 99.2 Å². The average molecular weight is 614 g/mol. The molecule has 3 heterocycles. The minimum Gasteiger partial charge on any atom is -0.389 e. The third kappa shape index (κ3) is 6.60. The summed E-state index contributed by atoms with van der Waals surface area (Å²) >= 11 is 0. The minimum atomic E-state index is -1.52. The molecule has 4 aliphatic rings. The van der Waals surface area contributed by atoms with Crippen LogP contribution in [-0.2, 0) is 28.4 Å².